The molecule has 0 unspecified atom stereocenters. The summed E-state index contributed by atoms with van der Waals surface area (Å²) in [4.78, 5) is 13.7. The highest BCUT2D eigenvalue weighted by Gasteiger charge is 2.12. The number of likely N-dealkylation sites (N-methyl/N-ethyl adjacent to an activating group) is 1. The van der Waals surface area contributed by atoms with Crippen LogP contribution in [0.15, 0.2) is 46.0 Å². The van der Waals surface area contributed by atoms with Crippen LogP contribution in [0, 0.1) is 0 Å². The number of benzene rings is 1. The Morgan fingerprint density at radius 1 is 1.15 bits per heavy atom. The van der Waals surface area contributed by atoms with Crippen LogP contribution in [0.5, 0.6) is 0 Å². The lowest BCUT2D eigenvalue weighted by atomic mass is 10.2. The maximum atomic E-state index is 5.58. The van der Waals surface area contributed by atoms with Gasteiger partial charge >= 0.3 is 0 Å². The number of guanidine groups is 1. The summed E-state index contributed by atoms with van der Waals surface area (Å²) in [5.41, 5.74) is 1.83. The molecule has 2 N–H and O–H groups in total. The second-order valence-corrected chi connectivity index (χ2v) is 6.86. The van der Waals surface area contributed by atoms with Crippen molar-refractivity contribution in [2.45, 2.75) is 13.0 Å². The molecule has 0 saturated carbocycles. The van der Waals surface area contributed by atoms with Gasteiger partial charge in [0.1, 0.15) is 6.26 Å². The first-order chi connectivity index (χ1) is 13.2. The second kappa shape index (κ2) is 10.1. The van der Waals surface area contributed by atoms with Gasteiger partial charge in [0, 0.05) is 38.8 Å². The van der Waals surface area contributed by atoms with E-state index in [1.165, 1.54) is 19.5 Å². The molecule has 0 bridgehead atoms. The Kier molecular flexibility index (Phi) is 7.24. The van der Waals surface area contributed by atoms with Crippen molar-refractivity contribution in [1.82, 2.24) is 25.4 Å². The minimum absolute atomic E-state index is 0.574. The number of hydrogen-bond donors (Lipinski definition) is 2. The van der Waals surface area contributed by atoms with Crippen molar-refractivity contribution < 1.29 is 4.42 Å². The fraction of sp³-hybridized carbons (Fsp3) is 0.500. The molecule has 0 spiro atoms. The summed E-state index contributed by atoms with van der Waals surface area (Å²) in [5, 5.41) is 6.68. The lowest BCUT2D eigenvalue weighted by Gasteiger charge is -2.20. The minimum atomic E-state index is 0.574. The lowest BCUT2D eigenvalue weighted by molar-refractivity contribution is 0.280. The summed E-state index contributed by atoms with van der Waals surface area (Å²) in [6.45, 7) is 7.10. The highest BCUT2D eigenvalue weighted by atomic mass is 16.3. The Hall–Kier alpha value is -2.38. The minimum Gasteiger partial charge on any atom is -0.444 e. The maximum Gasteiger partial charge on any atom is 0.226 e. The average molecular weight is 371 g/mol. The third-order valence-corrected chi connectivity index (χ3v) is 4.77. The Balaban J connectivity index is 1.41. The smallest absolute Gasteiger partial charge is 0.226 e. The molecule has 2 heterocycles. The van der Waals surface area contributed by atoms with Gasteiger partial charge in [0.05, 0.1) is 12.2 Å². The van der Waals surface area contributed by atoms with Crippen molar-refractivity contribution >= 4 is 5.96 Å². The van der Waals surface area contributed by atoms with Gasteiger partial charge in [0.2, 0.25) is 5.89 Å². The number of rotatable bonds is 6. The molecule has 1 aromatic heterocycles. The van der Waals surface area contributed by atoms with Crippen LogP contribution < -0.4 is 10.6 Å². The highest BCUT2D eigenvalue weighted by molar-refractivity contribution is 5.79. The van der Waals surface area contributed by atoms with Gasteiger partial charge in [-0.3, -0.25) is 4.99 Å². The van der Waals surface area contributed by atoms with Gasteiger partial charge in [-0.05, 0) is 38.7 Å². The van der Waals surface area contributed by atoms with Gasteiger partial charge in [0.15, 0.2) is 5.96 Å². The Labute approximate surface area is 161 Å². The third kappa shape index (κ3) is 6.08. The van der Waals surface area contributed by atoms with Crippen molar-refractivity contribution in [1.29, 1.82) is 0 Å². The summed E-state index contributed by atoms with van der Waals surface area (Å²) in [7, 11) is 3.98. The zero-order valence-corrected chi connectivity index (χ0v) is 16.3. The maximum absolute atomic E-state index is 5.58. The SMILES string of the molecule is CN=C(NCCN1CCCN(C)CC1)NCc1coc(-c2ccccc2)n1. The van der Waals surface area contributed by atoms with E-state index in [-0.39, 0.29) is 0 Å². The van der Waals surface area contributed by atoms with Gasteiger partial charge in [-0.15, -0.1) is 0 Å². The molecule has 0 radical (unpaired) electrons. The topological polar surface area (TPSA) is 68.9 Å². The fourth-order valence-corrected chi connectivity index (χ4v) is 3.15. The number of aromatic nitrogens is 1. The molecular weight excluding hydrogens is 340 g/mol. The summed E-state index contributed by atoms with van der Waals surface area (Å²) < 4.78 is 5.58. The molecule has 27 heavy (non-hydrogen) atoms. The molecule has 7 nitrogen and oxygen atoms in total. The highest BCUT2D eigenvalue weighted by Crippen LogP contribution is 2.17. The first-order valence-corrected chi connectivity index (χ1v) is 9.60. The van der Waals surface area contributed by atoms with E-state index in [4.69, 9.17) is 4.42 Å². The molecule has 0 amide bonds. The number of oxazole rings is 1. The molecule has 146 valence electrons. The molecule has 1 aromatic carbocycles. The lowest BCUT2D eigenvalue weighted by Crippen LogP contribution is -2.42. The molecule has 1 fully saturated rings. The van der Waals surface area contributed by atoms with E-state index < -0.39 is 0 Å². The monoisotopic (exact) mass is 370 g/mol. The second-order valence-electron chi connectivity index (χ2n) is 6.86. The molecule has 7 heteroatoms. The van der Waals surface area contributed by atoms with Gasteiger partial charge < -0.3 is 24.9 Å². The van der Waals surface area contributed by atoms with Crippen molar-refractivity contribution in [3.05, 3.63) is 42.3 Å². The van der Waals surface area contributed by atoms with Gasteiger partial charge in [-0.1, -0.05) is 18.2 Å². The van der Waals surface area contributed by atoms with Crippen LogP contribution in [0.25, 0.3) is 11.5 Å². The van der Waals surface area contributed by atoms with E-state index >= 15 is 0 Å². The molecule has 0 atom stereocenters. The van der Waals surface area contributed by atoms with E-state index in [9.17, 15) is 0 Å². The van der Waals surface area contributed by atoms with Crippen LogP contribution in [0.2, 0.25) is 0 Å². The van der Waals surface area contributed by atoms with Gasteiger partial charge in [-0.2, -0.15) is 0 Å². The van der Waals surface area contributed by atoms with Crippen molar-refractivity contribution in [2.75, 3.05) is 53.4 Å². The molecule has 3 rings (SSSR count). The zero-order valence-electron chi connectivity index (χ0n) is 16.3. The van der Waals surface area contributed by atoms with Gasteiger partial charge in [0.25, 0.3) is 0 Å². The van der Waals surface area contributed by atoms with Crippen LogP contribution in [-0.4, -0.2) is 74.1 Å². The largest absolute Gasteiger partial charge is 0.444 e. The molecule has 0 aliphatic carbocycles. The van der Waals surface area contributed by atoms with Crippen LogP contribution in [-0.2, 0) is 6.54 Å². The van der Waals surface area contributed by atoms with Crippen LogP contribution in [0.4, 0.5) is 0 Å². The van der Waals surface area contributed by atoms with Crippen LogP contribution in [0.3, 0.4) is 0 Å². The first kappa shape index (κ1) is 19.4. The zero-order chi connectivity index (χ0) is 18.9. The molecule has 1 saturated heterocycles. The Morgan fingerprint density at radius 3 is 2.81 bits per heavy atom. The molecule has 2 aromatic rings. The quantitative estimate of drug-likeness (QED) is 0.595. The number of aliphatic imine (C=N–C) groups is 1. The normalized spacial score (nSPS) is 16.9. The van der Waals surface area contributed by atoms with E-state index in [1.54, 1.807) is 13.3 Å². The fourth-order valence-electron chi connectivity index (χ4n) is 3.15. The third-order valence-electron chi connectivity index (χ3n) is 4.77. The predicted molar refractivity (Wildman–Crippen MR) is 109 cm³/mol. The van der Waals surface area contributed by atoms with E-state index in [0.717, 1.165) is 43.4 Å². The van der Waals surface area contributed by atoms with E-state index in [0.29, 0.717) is 12.4 Å². The summed E-state index contributed by atoms with van der Waals surface area (Å²) >= 11 is 0. The molecule has 1 aliphatic heterocycles. The Morgan fingerprint density at radius 2 is 2.00 bits per heavy atom. The Bertz CT molecular complexity index is 714. The van der Waals surface area contributed by atoms with Crippen molar-refractivity contribution in [2.24, 2.45) is 4.99 Å². The molecule has 1 aliphatic rings. The predicted octanol–water partition coefficient (Wildman–Crippen LogP) is 1.64. The number of nitrogens with zero attached hydrogens (tertiary/aromatic N) is 4. The summed E-state index contributed by atoms with van der Waals surface area (Å²) in [6, 6.07) is 9.92. The molecular formula is C20H30N6O. The van der Waals surface area contributed by atoms with Crippen molar-refractivity contribution in [3.8, 4) is 11.5 Å². The average Bonchev–Trinajstić information content (AvgIpc) is 3.08. The van der Waals surface area contributed by atoms with Crippen LogP contribution >= 0.6 is 0 Å². The van der Waals surface area contributed by atoms with E-state index in [2.05, 4.69) is 37.5 Å². The van der Waals surface area contributed by atoms with Gasteiger partial charge in [-0.25, -0.2) is 4.98 Å². The summed E-state index contributed by atoms with van der Waals surface area (Å²) in [6.07, 6.45) is 2.93. The number of hydrogen-bond acceptors (Lipinski definition) is 5. The summed E-state index contributed by atoms with van der Waals surface area (Å²) in [5.74, 6) is 1.42. The number of nitrogens with one attached hydrogen (secondary N) is 2. The van der Waals surface area contributed by atoms with Crippen LogP contribution in [0.1, 0.15) is 12.1 Å². The van der Waals surface area contributed by atoms with Crippen molar-refractivity contribution in [3.63, 3.8) is 0 Å². The standard InChI is InChI=1S/C20H30N6O/c1-21-20(22-9-12-26-11-6-10-25(2)13-14-26)23-15-18-16-27-19(24-18)17-7-4-3-5-8-17/h3-5,7-8,16H,6,9-15H2,1-2H3,(H2,21,22,23). The van der Waals surface area contributed by atoms with E-state index in [1.807, 2.05) is 30.3 Å². The first-order valence-electron chi connectivity index (χ1n) is 9.60.